The maximum Gasteiger partial charge on any atom is 0.573 e. The molecule has 0 aliphatic heterocycles. The highest BCUT2D eigenvalue weighted by Gasteiger charge is 2.32. The van der Waals surface area contributed by atoms with E-state index in [9.17, 15) is 22.4 Å². The van der Waals surface area contributed by atoms with Crippen molar-refractivity contribution in [3.63, 3.8) is 0 Å². The lowest BCUT2D eigenvalue weighted by molar-refractivity contribution is -0.274. The van der Waals surface area contributed by atoms with Gasteiger partial charge >= 0.3 is 6.36 Å². The number of carbonyl (C=O) groups excluding carboxylic acids is 1. The van der Waals surface area contributed by atoms with E-state index in [4.69, 9.17) is 16.9 Å². The Morgan fingerprint density at radius 2 is 1.96 bits per heavy atom. The van der Waals surface area contributed by atoms with Crippen molar-refractivity contribution in [1.82, 2.24) is 0 Å². The third-order valence-electron chi connectivity index (χ3n) is 3.49. The molecule has 142 valence electrons. The lowest BCUT2D eigenvalue weighted by Crippen LogP contribution is -2.30. The first-order valence-electron chi connectivity index (χ1n) is 7.68. The zero-order chi connectivity index (χ0) is 20.2. The number of anilines is 1. The molecule has 0 radical (unpaired) electrons. The Morgan fingerprint density at radius 3 is 2.56 bits per heavy atom. The number of halogens is 5. The molecule has 0 heterocycles. The molecule has 0 aliphatic rings. The largest absolute Gasteiger partial charge is 0.573 e. The van der Waals surface area contributed by atoms with E-state index in [2.05, 4.69) is 4.74 Å². The highest BCUT2D eigenvalue weighted by Crippen LogP contribution is 2.32. The van der Waals surface area contributed by atoms with Gasteiger partial charge in [-0.3, -0.25) is 4.79 Å². The van der Waals surface area contributed by atoms with Crippen molar-refractivity contribution in [2.45, 2.75) is 26.3 Å². The Hall–Kier alpha value is -2.79. The van der Waals surface area contributed by atoms with E-state index in [1.165, 1.54) is 23.1 Å². The van der Waals surface area contributed by atoms with E-state index in [0.717, 1.165) is 18.2 Å². The van der Waals surface area contributed by atoms with E-state index in [0.29, 0.717) is 0 Å². The first-order chi connectivity index (χ1) is 12.6. The molecule has 0 saturated heterocycles. The highest BCUT2D eigenvalue weighted by molar-refractivity contribution is 6.32. The molecule has 2 rings (SSSR count). The molecule has 0 N–H and O–H groups in total. The Kier molecular flexibility index (Phi) is 6.28. The number of ether oxygens (including phenoxy) is 1. The average molecular weight is 401 g/mol. The molecular weight excluding hydrogens is 388 g/mol. The Bertz CT molecular complexity index is 894. The highest BCUT2D eigenvalue weighted by atomic mass is 35.5. The molecule has 2 aromatic rings. The van der Waals surface area contributed by atoms with Crippen molar-refractivity contribution in [3.8, 4) is 11.8 Å². The van der Waals surface area contributed by atoms with Crippen molar-refractivity contribution >= 4 is 23.2 Å². The van der Waals surface area contributed by atoms with E-state index >= 15 is 0 Å². The summed E-state index contributed by atoms with van der Waals surface area (Å²) in [5.74, 6) is -1.73. The normalized spacial score (nSPS) is 11.0. The summed E-state index contributed by atoms with van der Waals surface area (Å²) in [7, 11) is 0. The predicted octanol–water partition coefficient (Wildman–Crippen LogP) is 5.19. The molecule has 0 spiro atoms. The fourth-order valence-electron chi connectivity index (χ4n) is 2.34. The second-order valence-corrected chi connectivity index (χ2v) is 5.86. The average Bonchev–Trinajstić information content (AvgIpc) is 2.59. The monoisotopic (exact) mass is 400 g/mol. The van der Waals surface area contributed by atoms with Crippen molar-refractivity contribution in [2.24, 2.45) is 0 Å². The van der Waals surface area contributed by atoms with Gasteiger partial charge in [-0.2, -0.15) is 5.26 Å². The topological polar surface area (TPSA) is 53.3 Å². The second-order valence-electron chi connectivity index (χ2n) is 5.46. The zero-order valence-corrected chi connectivity index (χ0v) is 14.7. The summed E-state index contributed by atoms with van der Waals surface area (Å²) in [6.45, 7) is 1.42. The quantitative estimate of drug-likeness (QED) is 0.649. The maximum atomic E-state index is 13.7. The van der Waals surface area contributed by atoms with Crippen molar-refractivity contribution in [2.75, 3.05) is 4.90 Å². The van der Waals surface area contributed by atoms with Gasteiger partial charge in [0.1, 0.15) is 11.6 Å². The molecule has 27 heavy (non-hydrogen) atoms. The first kappa shape index (κ1) is 20.5. The Morgan fingerprint density at radius 1 is 1.26 bits per heavy atom. The van der Waals surface area contributed by atoms with Gasteiger partial charge in [0.05, 0.1) is 23.2 Å². The number of hydrogen-bond donors (Lipinski definition) is 0. The predicted molar refractivity (Wildman–Crippen MR) is 90.7 cm³/mol. The number of rotatable bonds is 5. The van der Waals surface area contributed by atoms with Crippen LogP contribution >= 0.6 is 11.6 Å². The summed E-state index contributed by atoms with van der Waals surface area (Å²) in [4.78, 5) is 13.5. The van der Waals surface area contributed by atoms with Crippen LogP contribution in [-0.2, 0) is 11.3 Å². The molecular formula is C18H13ClF4N2O2. The van der Waals surface area contributed by atoms with Gasteiger partial charge in [0.2, 0.25) is 5.91 Å². The summed E-state index contributed by atoms with van der Waals surface area (Å²) < 4.78 is 55.0. The van der Waals surface area contributed by atoms with Crippen LogP contribution in [0.25, 0.3) is 0 Å². The summed E-state index contributed by atoms with van der Waals surface area (Å²) in [6.07, 6.45) is -4.86. The number of alkyl halides is 3. The summed E-state index contributed by atoms with van der Waals surface area (Å²) >= 11 is 5.71. The van der Waals surface area contributed by atoms with Crippen LogP contribution in [0.1, 0.15) is 24.5 Å². The molecule has 0 aliphatic carbocycles. The van der Waals surface area contributed by atoms with Gasteiger partial charge in [0.25, 0.3) is 0 Å². The minimum atomic E-state index is -4.93. The summed E-state index contributed by atoms with van der Waals surface area (Å²) in [5.41, 5.74) is 0.408. The number of hydrogen-bond acceptors (Lipinski definition) is 3. The molecule has 0 saturated carbocycles. The first-order valence-corrected chi connectivity index (χ1v) is 8.06. The third kappa shape index (κ3) is 5.59. The van der Waals surface area contributed by atoms with E-state index in [1.54, 1.807) is 13.0 Å². The number of nitrogens with zero attached hydrogens (tertiary/aromatic N) is 2. The fraction of sp³-hybridized carbons (Fsp3) is 0.222. The molecule has 0 unspecified atom stereocenters. The van der Waals surface area contributed by atoms with E-state index in [-0.39, 0.29) is 34.8 Å². The van der Waals surface area contributed by atoms with Crippen LogP contribution in [-0.4, -0.2) is 12.3 Å². The molecule has 9 heteroatoms. The van der Waals surface area contributed by atoms with Gasteiger partial charge in [0.15, 0.2) is 0 Å². The molecule has 0 atom stereocenters. The van der Waals surface area contributed by atoms with Crippen LogP contribution < -0.4 is 9.64 Å². The molecule has 2 aromatic carbocycles. The lowest BCUT2D eigenvalue weighted by Gasteiger charge is -2.23. The minimum absolute atomic E-state index is 0.0103. The number of carbonyl (C=O) groups is 1. The number of benzene rings is 2. The molecule has 0 fully saturated rings. The molecule has 1 amide bonds. The van der Waals surface area contributed by atoms with Crippen molar-refractivity contribution < 1.29 is 27.1 Å². The van der Waals surface area contributed by atoms with Crippen LogP contribution in [0.5, 0.6) is 5.75 Å². The van der Waals surface area contributed by atoms with E-state index < -0.39 is 23.8 Å². The SMILES string of the molecule is CCC(=O)N(Cc1ccc(Cl)c(OC(F)(F)F)c1)c1cc(F)cc(C#N)c1. The van der Waals surface area contributed by atoms with Crippen LogP contribution in [0.3, 0.4) is 0 Å². The Balaban J connectivity index is 2.41. The summed E-state index contributed by atoms with van der Waals surface area (Å²) in [6, 6.07) is 8.86. The van der Waals surface area contributed by atoms with Crippen molar-refractivity contribution in [3.05, 3.63) is 58.4 Å². The fourth-order valence-corrected chi connectivity index (χ4v) is 2.50. The van der Waals surface area contributed by atoms with Gasteiger partial charge in [-0.25, -0.2) is 4.39 Å². The van der Waals surface area contributed by atoms with Gasteiger partial charge in [-0.05, 0) is 35.9 Å². The molecule has 0 bridgehead atoms. The maximum absolute atomic E-state index is 13.7. The third-order valence-corrected chi connectivity index (χ3v) is 3.80. The Labute approximate surface area is 157 Å². The van der Waals surface area contributed by atoms with E-state index in [1.807, 2.05) is 0 Å². The van der Waals surface area contributed by atoms with Crippen LogP contribution in [0.2, 0.25) is 5.02 Å². The van der Waals surface area contributed by atoms with Gasteiger partial charge in [0, 0.05) is 12.1 Å². The van der Waals surface area contributed by atoms with Gasteiger partial charge in [-0.15, -0.1) is 13.2 Å². The van der Waals surface area contributed by atoms with Crippen LogP contribution in [0.15, 0.2) is 36.4 Å². The van der Waals surface area contributed by atoms with Crippen molar-refractivity contribution in [1.29, 1.82) is 5.26 Å². The standard InChI is InChI=1S/C18H13ClF4N2O2/c1-2-17(26)25(14-6-12(9-24)5-13(20)8-14)10-11-3-4-15(19)16(7-11)27-18(21,22)23/h3-8H,2,10H2,1H3. The lowest BCUT2D eigenvalue weighted by atomic mass is 10.1. The van der Waals surface area contributed by atoms with Crippen LogP contribution in [0, 0.1) is 17.1 Å². The molecule has 0 aromatic heterocycles. The van der Waals surface area contributed by atoms with Crippen LogP contribution in [0.4, 0.5) is 23.2 Å². The second kappa shape index (κ2) is 8.27. The smallest absolute Gasteiger partial charge is 0.404 e. The number of amides is 1. The number of nitriles is 1. The molecule has 4 nitrogen and oxygen atoms in total. The zero-order valence-electron chi connectivity index (χ0n) is 14.0. The summed E-state index contributed by atoms with van der Waals surface area (Å²) in [5, 5.41) is 8.72. The minimum Gasteiger partial charge on any atom is -0.404 e. The van der Waals surface area contributed by atoms with Gasteiger partial charge < -0.3 is 9.64 Å². The van der Waals surface area contributed by atoms with Gasteiger partial charge in [-0.1, -0.05) is 24.6 Å².